The lowest BCUT2D eigenvalue weighted by atomic mass is 10.1. The minimum absolute atomic E-state index is 0.103. The zero-order chi connectivity index (χ0) is 24.5. The number of anilines is 2. The number of hydrogen-bond acceptors (Lipinski definition) is 4. The molecule has 0 bridgehead atoms. The van der Waals surface area contributed by atoms with E-state index in [1.807, 2.05) is 66.2 Å². The monoisotopic (exact) mass is 501 g/mol. The van der Waals surface area contributed by atoms with Gasteiger partial charge in [0.1, 0.15) is 6.54 Å². The molecule has 1 fully saturated rings. The van der Waals surface area contributed by atoms with E-state index < -0.39 is 5.91 Å². The molecule has 0 radical (unpaired) electrons. The van der Waals surface area contributed by atoms with Gasteiger partial charge in [0.25, 0.3) is 11.1 Å². The van der Waals surface area contributed by atoms with Gasteiger partial charge in [0.05, 0.1) is 10.6 Å². The number of fused-ring (bicyclic) bond motifs is 1. The summed E-state index contributed by atoms with van der Waals surface area (Å²) in [4.78, 5) is 39.9. The summed E-state index contributed by atoms with van der Waals surface area (Å²) < 4.78 is 1.84. The number of carbonyl (C=O) groups is 3. The highest BCUT2D eigenvalue weighted by Crippen LogP contribution is 2.37. The van der Waals surface area contributed by atoms with Gasteiger partial charge < -0.3 is 9.88 Å². The summed E-state index contributed by atoms with van der Waals surface area (Å²) in [6, 6.07) is 21.9. The maximum absolute atomic E-state index is 13.1. The van der Waals surface area contributed by atoms with Gasteiger partial charge in [-0.3, -0.25) is 14.4 Å². The van der Waals surface area contributed by atoms with Crippen molar-refractivity contribution in [2.75, 3.05) is 10.2 Å². The Morgan fingerprint density at radius 1 is 1.03 bits per heavy atom. The molecule has 3 amide bonds. The zero-order valence-corrected chi connectivity index (χ0v) is 20.3. The van der Waals surface area contributed by atoms with Gasteiger partial charge in [-0.15, -0.1) is 0 Å². The van der Waals surface area contributed by atoms with Crippen LogP contribution in [0.3, 0.4) is 0 Å². The minimum Gasteiger partial charge on any atom is -0.337 e. The highest BCUT2D eigenvalue weighted by molar-refractivity contribution is 8.19. The van der Waals surface area contributed by atoms with E-state index in [-0.39, 0.29) is 17.7 Å². The molecule has 1 N–H and O–H groups in total. The van der Waals surface area contributed by atoms with Gasteiger partial charge in [0.2, 0.25) is 5.91 Å². The predicted octanol–water partition coefficient (Wildman–Crippen LogP) is 6.48. The van der Waals surface area contributed by atoms with Crippen LogP contribution in [0.1, 0.15) is 11.1 Å². The van der Waals surface area contributed by atoms with E-state index in [4.69, 9.17) is 11.6 Å². The van der Waals surface area contributed by atoms with Gasteiger partial charge in [0.15, 0.2) is 0 Å². The Kier molecular flexibility index (Phi) is 6.19. The lowest BCUT2D eigenvalue weighted by molar-refractivity contribution is -0.116. The molecule has 4 aromatic rings. The van der Waals surface area contributed by atoms with Crippen LogP contribution in [-0.2, 0) is 16.1 Å². The normalized spacial score (nSPS) is 14.8. The number of nitrogens with one attached hydrogen (secondary N) is 1. The van der Waals surface area contributed by atoms with Crippen LogP contribution in [0.2, 0.25) is 5.02 Å². The van der Waals surface area contributed by atoms with Crippen molar-refractivity contribution in [1.29, 1.82) is 0 Å². The number of rotatable bonds is 5. The summed E-state index contributed by atoms with van der Waals surface area (Å²) in [5, 5.41) is 3.86. The molecule has 5 rings (SSSR count). The van der Waals surface area contributed by atoms with Crippen molar-refractivity contribution in [1.82, 2.24) is 4.57 Å². The average Bonchev–Trinajstić information content (AvgIpc) is 3.30. The average molecular weight is 502 g/mol. The van der Waals surface area contributed by atoms with Gasteiger partial charge in [-0.25, -0.2) is 4.90 Å². The largest absolute Gasteiger partial charge is 0.337 e. The molecular weight excluding hydrogens is 482 g/mol. The molecule has 0 saturated carbocycles. The highest BCUT2D eigenvalue weighted by Gasteiger charge is 2.36. The summed E-state index contributed by atoms with van der Waals surface area (Å²) in [5.74, 6) is -0.569. The first kappa shape index (κ1) is 23.0. The number of para-hydroxylation sites is 1. The SMILES string of the molecule is Cc1cccc(NC(=O)Cn2cc(/C=C3/SC(=O)N(c4cccc(Cl)c4)C3=O)c3ccccc32)c1. The molecule has 1 aliphatic rings. The predicted molar refractivity (Wildman–Crippen MR) is 142 cm³/mol. The third kappa shape index (κ3) is 4.73. The lowest BCUT2D eigenvalue weighted by Crippen LogP contribution is -2.27. The van der Waals surface area contributed by atoms with Crippen LogP contribution in [-0.4, -0.2) is 21.6 Å². The molecule has 174 valence electrons. The number of amides is 3. The van der Waals surface area contributed by atoms with E-state index in [2.05, 4.69) is 5.32 Å². The molecule has 8 heteroatoms. The number of carbonyl (C=O) groups excluding carboxylic acids is 3. The highest BCUT2D eigenvalue weighted by atomic mass is 35.5. The molecule has 1 saturated heterocycles. The van der Waals surface area contributed by atoms with Crippen LogP contribution in [0, 0.1) is 6.92 Å². The molecule has 2 heterocycles. The van der Waals surface area contributed by atoms with E-state index >= 15 is 0 Å². The van der Waals surface area contributed by atoms with E-state index in [0.29, 0.717) is 15.6 Å². The first-order valence-corrected chi connectivity index (χ1v) is 12.1. The van der Waals surface area contributed by atoms with Crippen LogP contribution >= 0.6 is 23.4 Å². The fourth-order valence-corrected chi connectivity index (χ4v) is 5.06. The summed E-state index contributed by atoms with van der Waals surface area (Å²) in [7, 11) is 0. The van der Waals surface area contributed by atoms with Crippen LogP contribution in [0.25, 0.3) is 17.0 Å². The number of halogens is 1. The van der Waals surface area contributed by atoms with Crippen molar-refractivity contribution in [2.45, 2.75) is 13.5 Å². The molecule has 1 aromatic heterocycles. The first-order valence-electron chi connectivity index (χ1n) is 10.9. The zero-order valence-electron chi connectivity index (χ0n) is 18.7. The smallest absolute Gasteiger partial charge is 0.298 e. The fourth-order valence-electron chi connectivity index (χ4n) is 4.05. The number of imide groups is 1. The molecule has 0 atom stereocenters. The van der Waals surface area contributed by atoms with E-state index in [0.717, 1.165) is 44.4 Å². The number of hydrogen-bond donors (Lipinski definition) is 1. The third-order valence-corrected chi connectivity index (χ3v) is 6.69. The molecule has 35 heavy (non-hydrogen) atoms. The number of thioether (sulfide) groups is 1. The van der Waals surface area contributed by atoms with Crippen LogP contribution in [0.4, 0.5) is 16.2 Å². The second-order valence-corrected chi connectivity index (χ2v) is 9.57. The molecule has 1 aliphatic heterocycles. The molecule has 3 aromatic carbocycles. The van der Waals surface area contributed by atoms with Crippen molar-refractivity contribution in [3.05, 3.63) is 100 Å². The lowest BCUT2D eigenvalue weighted by Gasteiger charge is -2.12. The maximum atomic E-state index is 13.1. The van der Waals surface area contributed by atoms with E-state index in [1.165, 1.54) is 0 Å². The molecular formula is C27H20ClN3O3S. The summed E-state index contributed by atoms with van der Waals surface area (Å²) in [6.07, 6.45) is 3.53. The number of aryl methyl sites for hydroxylation is 1. The van der Waals surface area contributed by atoms with E-state index in [9.17, 15) is 14.4 Å². The number of nitrogens with zero attached hydrogens (tertiary/aromatic N) is 2. The second-order valence-electron chi connectivity index (χ2n) is 8.14. The Labute approximate surface area is 211 Å². The quantitative estimate of drug-likeness (QED) is 0.317. The maximum Gasteiger partial charge on any atom is 0.298 e. The minimum atomic E-state index is -0.406. The van der Waals surface area contributed by atoms with Gasteiger partial charge in [-0.05, 0) is 66.7 Å². The Hall–Kier alpha value is -3.81. The Balaban J connectivity index is 1.44. The van der Waals surface area contributed by atoms with Gasteiger partial charge in [0, 0.05) is 33.4 Å². The van der Waals surface area contributed by atoms with Gasteiger partial charge in [-0.2, -0.15) is 0 Å². The van der Waals surface area contributed by atoms with Crippen molar-refractivity contribution >= 4 is 68.8 Å². The number of aromatic nitrogens is 1. The summed E-state index contributed by atoms with van der Waals surface area (Å²) in [6.45, 7) is 2.07. The molecule has 0 aliphatic carbocycles. The van der Waals surface area contributed by atoms with Gasteiger partial charge >= 0.3 is 0 Å². The van der Waals surface area contributed by atoms with Gasteiger partial charge in [-0.1, -0.05) is 48.0 Å². The molecule has 6 nitrogen and oxygen atoms in total. The topological polar surface area (TPSA) is 71.4 Å². The van der Waals surface area contributed by atoms with Crippen LogP contribution in [0.5, 0.6) is 0 Å². The van der Waals surface area contributed by atoms with E-state index in [1.54, 1.807) is 30.3 Å². The van der Waals surface area contributed by atoms with Crippen molar-refractivity contribution < 1.29 is 14.4 Å². The van der Waals surface area contributed by atoms with Crippen molar-refractivity contribution in [3.8, 4) is 0 Å². The van der Waals surface area contributed by atoms with Crippen LogP contribution in [0.15, 0.2) is 83.9 Å². The van der Waals surface area contributed by atoms with Crippen molar-refractivity contribution in [3.63, 3.8) is 0 Å². The Morgan fingerprint density at radius 2 is 1.83 bits per heavy atom. The standard InChI is InChI=1S/C27H20ClN3O3S/c1-17-6-4-8-20(12-17)29-25(32)16-30-15-18(22-10-2-3-11-23(22)30)13-24-26(33)31(27(34)35-24)21-9-5-7-19(28)14-21/h2-15H,16H2,1H3,(H,29,32)/b24-13+. The second kappa shape index (κ2) is 9.44. The molecule has 0 spiro atoms. The Morgan fingerprint density at radius 3 is 2.63 bits per heavy atom. The number of benzene rings is 3. The first-order chi connectivity index (χ1) is 16.9. The van der Waals surface area contributed by atoms with Crippen LogP contribution < -0.4 is 10.2 Å². The fraction of sp³-hybridized carbons (Fsp3) is 0.0741. The van der Waals surface area contributed by atoms with Crippen molar-refractivity contribution in [2.24, 2.45) is 0 Å². The Bertz CT molecular complexity index is 1530. The molecule has 0 unspecified atom stereocenters. The summed E-state index contributed by atoms with van der Waals surface area (Å²) >= 11 is 6.93. The summed E-state index contributed by atoms with van der Waals surface area (Å²) in [5.41, 5.74) is 3.83. The third-order valence-electron chi connectivity index (χ3n) is 5.58.